The van der Waals surface area contributed by atoms with Gasteiger partial charge in [0.1, 0.15) is 0 Å². The van der Waals surface area contributed by atoms with Crippen LogP contribution in [0.5, 0.6) is 0 Å². The molecule has 1 rings (SSSR count). The van der Waals surface area contributed by atoms with Crippen molar-refractivity contribution in [2.45, 2.75) is 37.6 Å². The highest BCUT2D eigenvalue weighted by Crippen LogP contribution is 2.31. The van der Waals surface area contributed by atoms with Gasteiger partial charge >= 0.3 is 0 Å². The summed E-state index contributed by atoms with van der Waals surface area (Å²) in [5.41, 5.74) is 6.80. The molecular weight excluding hydrogens is 248 g/mol. The van der Waals surface area contributed by atoms with E-state index in [1.54, 1.807) is 12.1 Å². The second-order valence-electron chi connectivity index (χ2n) is 4.87. The van der Waals surface area contributed by atoms with Crippen LogP contribution in [0.3, 0.4) is 0 Å². The molecule has 0 saturated carbocycles. The van der Waals surface area contributed by atoms with Gasteiger partial charge in [0.2, 0.25) is 10.0 Å². The predicted octanol–water partition coefficient (Wildman–Crippen LogP) is 1.68. The van der Waals surface area contributed by atoms with E-state index < -0.39 is 10.0 Å². The van der Waals surface area contributed by atoms with Crippen molar-refractivity contribution in [1.82, 2.24) is 4.72 Å². The van der Waals surface area contributed by atoms with Gasteiger partial charge in [0.15, 0.2) is 0 Å². The van der Waals surface area contributed by atoms with E-state index in [0.29, 0.717) is 4.90 Å². The van der Waals surface area contributed by atoms with Gasteiger partial charge in [0.25, 0.3) is 0 Å². The highest BCUT2D eigenvalue weighted by Gasteiger charge is 2.26. The van der Waals surface area contributed by atoms with Crippen LogP contribution in [0.4, 0.5) is 0 Å². The van der Waals surface area contributed by atoms with Gasteiger partial charge in [-0.15, -0.1) is 0 Å². The second-order valence-corrected chi connectivity index (χ2v) is 6.73. The summed E-state index contributed by atoms with van der Waals surface area (Å²) in [6.45, 7) is 6.01. The number of hydrogen-bond acceptors (Lipinski definition) is 3. The maximum atomic E-state index is 12.0. The van der Waals surface area contributed by atoms with Crippen LogP contribution in [0.2, 0.25) is 0 Å². The molecule has 2 atom stereocenters. The van der Waals surface area contributed by atoms with Crippen molar-refractivity contribution in [2.75, 3.05) is 7.05 Å². The average molecular weight is 270 g/mol. The van der Waals surface area contributed by atoms with E-state index in [1.807, 2.05) is 19.1 Å². The first-order valence-corrected chi connectivity index (χ1v) is 7.57. The molecule has 1 aromatic carbocycles. The van der Waals surface area contributed by atoms with Gasteiger partial charge < -0.3 is 5.73 Å². The Labute approximate surface area is 110 Å². The SMILES string of the molecule is CNS(=O)(=O)c1ccccc1C(C(C)C)C(C)N. The molecule has 0 radical (unpaired) electrons. The highest BCUT2D eigenvalue weighted by atomic mass is 32.2. The van der Waals surface area contributed by atoms with Crippen LogP contribution in [-0.4, -0.2) is 21.5 Å². The number of nitrogens with two attached hydrogens (primary N) is 1. The summed E-state index contributed by atoms with van der Waals surface area (Å²) in [7, 11) is -2.03. The third-order valence-electron chi connectivity index (χ3n) is 3.12. The van der Waals surface area contributed by atoms with Crippen molar-refractivity contribution in [1.29, 1.82) is 0 Å². The first kappa shape index (κ1) is 15.1. The lowest BCUT2D eigenvalue weighted by atomic mass is 9.83. The minimum atomic E-state index is -3.45. The standard InChI is InChI=1S/C13H22N2O2S/c1-9(2)13(10(3)14)11-7-5-6-8-12(11)18(16,17)15-4/h5-10,13,15H,14H2,1-4H3. The average Bonchev–Trinajstić information content (AvgIpc) is 2.28. The summed E-state index contributed by atoms with van der Waals surface area (Å²) in [5.74, 6) is 0.294. The molecule has 102 valence electrons. The van der Waals surface area contributed by atoms with Gasteiger partial charge in [-0.3, -0.25) is 0 Å². The Morgan fingerprint density at radius 1 is 1.17 bits per heavy atom. The summed E-state index contributed by atoms with van der Waals surface area (Å²) in [4.78, 5) is 0.323. The molecule has 0 aliphatic heterocycles. The normalized spacial score (nSPS) is 15.7. The lowest BCUT2D eigenvalue weighted by Crippen LogP contribution is -2.31. The number of nitrogens with one attached hydrogen (secondary N) is 1. The molecule has 0 aliphatic rings. The van der Waals surface area contributed by atoms with Crippen LogP contribution in [0.15, 0.2) is 29.2 Å². The molecule has 0 saturated heterocycles. The van der Waals surface area contributed by atoms with Crippen LogP contribution in [0.1, 0.15) is 32.3 Å². The maximum absolute atomic E-state index is 12.0. The zero-order valence-corrected chi connectivity index (χ0v) is 12.2. The van der Waals surface area contributed by atoms with Crippen LogP contribution in [0.25, 0.3) is 0 Å². The lowest BCUT2D eigenvalue weighted by Gasteiger charge is -2.27. The molecule has 18 heavy (non-hydrogen) atoms. The largest absolute Gasteiger partial charge is 0.327 e. The topological polar surface area (TPSA) is 72.2 Å². The highest BCUT2D eigenvalue weighted by molar-refractivity contribution is 7.89. The fourth-order valence-electron chi connectivity index (χ4n) is 2.36. The Morgan fingerprint density at radius 2 is 1.72 bits per heavy atom. The van der Waals surface area contributed by atoms with E-state index in [-0.39, 0.29) is 17.9 Å². The summed E-state index contributed by atoms with van der Waals surface area (Å²) in [6.07, 6.45) is 0. The molecule has 5 heteroatoms. The molecule has 0 bridgehead atoms. The van der Waals surface area contributed by atoms with E-state index >= 15 is 0 Å². The van der Waals surface area contributed by atoms with Crippen LogP contribution < -0.4 is 10.5 Å². The molecule has 3 N–H and O–H groups in total. The summed E-state index contributed by atoms with van der Waals surface area (Å²) in [5, 5.41) is 0. The minimum absolute atomic E-state index is 0.0179. The van der Waals surface area contributed by atoms with Crippen molar-refractivity contribution < 1.29 is 8.42 Å². The van der Waals surface area contributed by atoms with Gasteiger partial charge in [-0.05, 0) is 31.5 Å². The van der Waals surface area contributed by atoms with Crippen molar-refractivity contribution in [3.63, 3.8) is 0 Å². The Kier molecular flexibility index (Phi) is 4.90. The van der Waals surface area contributed by atoms with Crippen molar-refractivity contribution in [3.05, 3.63) is 29.8 Å². The van der Waals surface area contributed by atoms with E-state index in [1.165, 1.54) is 7.05 Å². The minimum Gasteiger partial charge on any atom is -0.327 e. The van der Waals surface area contributed by atoms with Gasteiger partial charge in [-0.1, -0.05) is 32.0 Å². The van der Waals surface area contributed by atoms with Gasteiger partial charge in [-0.25, -0.2) is 13.1 Å². The third-order valence-corrected chi connectivity index (χ3v) is 4.61. The molecule has 0 aromatic heterocycles. The van der Waals surface area contributed by atoms with Gasteiger partial charge in [0.05, 0.1) is 4.90 Å². The Morgan fingerprint density at radius 3 is 2.17 bits per heavy atom. The zero-order valence-electron chi connectivity index (χ0n) is 11.3. The van der Waals surface area contributed by atoms with Crippen LogP contribution in [0, 0.1) is 5.92 Å². The van der Waals surface area contributed by atoms with Crippen molar-refractivity contribution in [2.24, 2.45) is 11.7 Å². The molecule has 0 spiro atoms. The molecule has 0 aliphatic carbocycles. The number of sulfonamides is 1. The molecule has 1 aromatic rings. The van der Waals surface area contributed by atoms with E-state index in [4.69, 9.17) is 5.73 Å². The quantitative estimate of drug-likeness (QED) is 0.855. The molecular formula is C13H22N2O2S. The fraction of sp³-hybridized carbons (Fsp3) is 0.538. The molecule has 0 fully saturated rings. The molecule has 0 heterocycles. The monoisotopic (exact) mass is 270 g/mol. The van der Waals surface area contributed by atoms with Gasteiger partial charge in [-0.2, -0.15) is 0 Å². The first-order valence-electron chi connectivity index (χ1n) is 6.09. The molecule has 2 unspecified atom stereocenters. The summed E-state index contributed by atoms with van der Waals surface area (Å²) < 4.78 is 26.4. The Balaban J connectivity index is 3.41. The van der Waals surface area contributed by atoms with E-state index in [0.717, 1.165) is 5.56 Å². The maximum Gasteiger partial charge on any atom is 0.240 e. The smallest absolute Gasteiger partial charge is 0.240 e. The van der Waals surface area contributed by atoms with Crippen molar-refractivity contribution in [3.8, 4) is 0 Å². The fourth-order valence-corrected chi connectivity index (χ4v) is 3.35. The number of hydrogen-bond donors (Lipinski definition) is 2. The molecule has 4 nitrogen and oxygen atoms in total. The predicted molar refractivity (Wildman–Crippen MR) is 73.9 cm³/mol. The molecule has 0 amide bonds. The lowest BCUT2D eigenvalue weighted by molar-refractivity contribution is 0.429. The Bertz CT molecular complexity index is 487. The number of rotatable bonds is 5. The first-order chi connectivity index (χ1) is 8.31. The summed E-state index contributed by atoms with van der Waals surface area (Å²) >= 11 is 0. The van der Waals surface area contributed by atoms with Crippen LogP contribution >= 0.6 is 0 Å². The summed E-state index contributed by atoms with van der Waals surface area (Å²) in [6, 6.07) is 6.95. The Hall–Kier alpha value is -0.910. The van der Waals surface area contributed by atoms with Gasteiger partial charge in [0, 0.05) is 12.0 Å². The number of benzene rings is 1. The van der Waals surface area contributed by atoms with E-state index in [2.05, 4.69) is 18.6 Å². The van der Waals surface area contributed by atoms with Crippen molar-refractivity contribution >= 4 is 10.0 Å². The van der Waals surface area contributed by atoms with Crippen LogP contribution in [-0.2, 0) is 10.0 Å². The second kappa shape index (κ2) is 5.82. The van der Waals surface area contributed by atoms with E-state index in [9.17, 15) is 8.42 Å². The zero-order chi connectivity index (χ0) is 13.9. The third kappa shape index (κ3) is 3.10.